The Morgan fingerprint density at radius 2 is 2.05 bits per heavy atom. The topological polar surface area (TPSA) is 17.8 Å². The molecule has 0 radical (unpaired) electrons. The van der Waals surface area contributed by atoms with Gasteiger partial charge in [0.15, 0.2) is 0 Å². The standard InChI is InChI=1S/C15H11BrCl2N2/c1-9-3-2-4-12-15(9)19-14(8-17)20(12)13-7-10(16)5-6-11(13)18/h2-7H,8H2,1H3. The molecule has 0 aliphatic rings. The molecule has 0 N–H and O–H groups in total. The number of fused-ring (bicyclic) bond motifs is 1. The molecule has 0 bridgehead atoms. The Bertz CT molecular complexity index is 796. The van der Waals surface area contributed by atoms with E-state index in [9.17, 15) is 0 Å². The molecular formula is C15H11BrCl2N2. The Hall–Kier alpha value is -1.03. The van der Waals surface area contributed by atoms with Crippen molar-refractivity contribution in [2.45, 2.75) is 12.8 Å². The molecule has 3 rings (SSSR count). The van der Waals surface area contributed by atoms with Crippen LogP contribution < -0.4 is 0 Å². The number of rotatable bonds is 2. The maximum atomic E-state index is 6.34. The van der Waals surface area contributed by atoms with E-state index in [2.05, 4.69) is 20.9 Å². The van der Waals surface area contributed by atoms with Crippen LogP contribution in [0.1, 0.15) is 11.4 Å². The van der Waals surface area contributed by atoms with Crippen molar-refractivity contribution in [2.24, 2.45) is 0 Å². The number of nitrogens with zero attached hydrogens (tertiary/aromatic N) is 2. The number of alkyl halides is 1. The van der Waals surface area contributed by atoms with E-state index in [1.54, 1.807) is 0 Å². The van der Waals surface area contributed by atoms with E-state index in [1.807, 2.05) is 47.9 Å². The number of aromatic nitrogens is 2. The zero-order chi connectivity index (χ0) is 14.3. The number of para-hydroxylation sites is 1. The van der Waals surface area contributed by atoms with Gasteiger partial charge in [0, 0.05) is 4.47 Å². The van der Waals surface area contributed by atoms with Crippen molar-refractivity contribution in [2.75, 3.05) is 0 Å². The van der Waals surface area contributed by atoms with Crippen LogP contribution in [0.3, 0.4) is 0 Å². The third-order valence-electron chi connectivity index (χ3n) is 3.22. The van der Waals surface area contributed by atoms with Gasteiger partial charge < -0.3 is 0 Å². The Balaban J connectivity index is 2.40. The first-order valence-corrected chi connectivity index (χ1v) is 7.80. The van der Waals surface area contributed by atoms with Crippen LogP contribution >= 0.6 is 39.1 Å². The summed E-state index contributed by atoms with van der Waals surface area (Å²) in [5.41, 5.74) is 3.98. The molecule has 2 nitrogen and oxygen atoms in total. The molecule has 3 aromatic rings. The number of aryl methyl sites for hydroxylation is 1. The minimum Gasteiger partial charge on any atom is -0.294 e. The highest BCUT2D eigenvalue weighted by Gasteiger charge is 2.15. The summed E-state index contributed by atoms with van der Waals surface area (Å²) in [4.78, 5) is 4.63. The van der Waals surface area contributed by atoms with Crippen LogP contribution in [0.15, 0.2) is 40.9 Å². The van der Waals surface area contributed by atoms with Gasteiger partial charge in [-0.3, -0.25) is 4.57 Å². The van der Waals surface area contributed by atoms with Crippen molar-refractivity contribution in [1.82, 2.24) is 9.55 Å². The van der Waals surface area contributed by atoms with E-state index in [1.165, 1.54) is 0 Å². The first-order chi connectivity index (χ1) is 9.61. The lowest BCUT2D eigenvalue weighted by atomic mass is 10.2. The van der Waals surface area contributed by atoms with Gasteiger partial charge >= 0.3 is 0 Å². The molecule has 0 aliphatic heterocycles. The van der Waals surface area contributed by atoms with Gasteiger partial charge in [-0.2, -0.15) is 0 Å². The number of imidazole rings is 1. The van der Waals surface area contributed by atoms with Gasteiger partial charge in [0.2, 0.25) is 0 Å². The summed E-state index contributed by atoms with van der Waals surface area (Å²) in [5.74, 6) is 1.12. The second-order valence-corrected chi connectivity index (χ2v) is 6.13. The smallest absolute Gasteiger partial charge is 0.129 e. The molecule has 1 aromatic heterocycles. The van der Waals surface area contributed by atoms with Gasteiger partial charge in [0.05, 0.1) is 27.6 Å². The molecule has 0 saturated carbocycles. The minimum absolute atomic E-state index is 0.330. The molecule has 0 spiro atoms. The Morgan fingerprint density at radius 3 is 2.80 bits per heavy atom. The van der Waals surface area contributed by atoms with Crippen molar-refractivity contribution in [1.29, 1.82) is 0 Å². The predicted octanol–water partition coefficient (Wildman–Crippen LogP) is 5.49. The molecule has 0 saturated heterocycles. The van der Waals surface area contributed by atoms with Gasteiger partial charge in [0.1, 0.15) is 5.82 Å². The molecule has 5 heteroatoms. The average molecular weight is 370 g/mol. The Morgan fingerprint density at radius 1 is 1.25 bits per heavy atom. The molecule has 0 unspecified atom stereocenters. The summed E-state index contributed by atoms with van der Waals surface area (Å²) in [6.45, 7) is 2.04. The maximum Gasteiger partial charge on any atom is 0.129 e. The summed E-state index contributed by atoms with van der Waals surface area (Å²) in [5, 5.41) is 0.667. The lowest BCUT2D eigenvalue weighted by Crippen LogP contribution is -2.00. The van der Waals surface area contributed by atoms with Gasteiger partial charge in [-0.1, -0.05) is 39.7 Å². The fourth-order valence-electron chi connectivity index (χ4n) is 2.30. The normalized spacial score (nSPS) is 11.2. The SMILES string of the molecule is Cc1cccc2c1nc(CCl)n2-c1cc(Br)ccc1Cl. The van der Waals surface area contributed by atoms with E-state index >= 15 is 0 Å². The Kier molecular flexibility index (Phi) is 3.76. The summed E-state index contributed by atoms with van der Waals surface area (Å²) >= 11 is 15.9. The lowest BCUT2D eigenvalue weighted by Gasteiger charge is -2.10. The zero-order valence-electron chi connectivity index (χ0n) is 10.7. The van der Waals surface area contributed by atoms with Crippen LogP contribution in [0, 0.1) is 6.92 Å². The van der Waals surface area contributed by atoms with Gasteiger partial charge in [-0.25, -0.2) is 4.98 Å². The molecule has 20 heavy (non-hydrogen) atoms. The highest BCUT2D eigenvalue weighted by atomic mass is 79.9. The first kappa shape index (κ1) is 13.9. The fraction of sp³-hybridized carbons (Fsp3) is 0.133. The van der Waals surface area contributed by atoms with Gasteiger partial charge in [-0.05, 0) is 36.8 Å². The van der Waals surface area contributed by atoms with Crippen LogP contribution in [0.5, 0.6) is 0 Å². The first-order valence-electron chi connectivity index (χ1n) is 6.10. The van der Waals surface area contributed by atoms with E-state index in [0.29, 0.717) is 10.9 Å². The van der Waals surface area contributed by atoms with E-state index in [-0.39, 0.29) is 0 Å². The summed E-state index contributed by atoms with van der Waals surface area (Å²) in [6.07, 6.45) is 0. The van der Waals surface area contributed by atoms with Crippen LogP contribution in [-0.2, 0) is 5.88 Å². The van der Waals surface area contributed by atoms with Crippen LogP contribution in [0.4, 0.5) is 0 Å². The molecule has 1 heterocycles. The highest BCUT2D eigenvalue weighted by Crippen LogP contribution is 2.30. The van der Waals surface area contributed by atoms with Crippen LogP contribution in [0.25, 0.3) is 16.7 Å². The van der Waals surface area contributed by atoms with E-state index in [4.69, 9.17) is 23.2 Å². The second-order valence-electron chi connectivity index (χ2n) is 4.54. The number of halogens is 3. The monoisotopic (exact) mass is 368 g/mol. The molecule has 102 valence electrons. The second kappa shape index (κ2) is 5.40. The summed E-state index contributed by atoms with van der Waals surface area (Å²) < 4.78 is 2.98. The lowest BCUT2D eigenvalue weighted by molar-refractivity contribution is 0.981. The average Bonchev–Trinajstić information content (AvgIpc) is 2.81. The third kappa shape index (κ3) is 2.24. The summed E-state index contributed by atoms with van der Waals surface area (Å²) in [7, 11) is 0. The van der Waals surface area contributed by atoms with Gasteiger partial charge in [0.25, 0.3) is 0 Å². The van der Waals surface area contributed by atoms with Crippen molar-refractivity contribution >= 4 is 50.2 Å². The highest BCUT2D eigenvalue weighted by molar-refractivity contribution is 9.10. The van der Waals surface area contributed by atoms with Crippen molar-refractivity contribution in [3.8, 4) is 5.69 Å². The predicted molar refractivity (Wildman–Crippen MR) is 88.1 cm³/mol. The van der Waals surface area contributed by atoms with Crippen LogP contribution in [0.2, 0.25) is 5.02 Å². The van der Waals surface area contributed by atoms with E-state index < -0.39 is 0 Å². The molecule has 0 aliphatic carbocycles. The Labute approximate surface area is 135 Å². The molecule has 0 atom stereocenters. The number of hydrogen-bond acceptors (Lipinski definition) is 1. The molecular weight excluding hydrogens is 359 g/mol. The van der Waals surface area contributed by atoms with E-state index in [0.717, 1.165) is 32.6 Å². The zero-order valence-corrected chi connectivity index (χ0v) is 13.8. The van der Waals surface area contributed by atoms with Crippen molar-refractivity contribution in [3.63, 3.8) is 0 Å². The number of hydrogen-bond donors (Lipinski definition) is 0. The maximum absolute atomic E-state index is 6.34. The largest absolute Gasteiger partial charge is 0.294 e. The minimum atomic E-state index is 0.330. The molecule has 0 fully saturated rings. The third-order valence-corrected chi connectivity index (χ3v) is 4.28. The number of benzene rings is 2. The van der Waals surface area contributed by atoms with Crippen molar-refractivity contribution < 1.29 is 0 Å². The fourth-order valence-corrected chi connectivity index (χ4v) is 3.03. The summed E-state index contributed by atoms with van der Waals surface area (Å²) in [6, 6.07) is 11.8. The van der Waals surface area contributed by atoms with Gasteiger partial charge in [-0.15, -0.1) is 11.6 Å². The molecule has 0 amide bonds. The quantitative estimate of drug-likeness (QED) is 0.546. The van der Waals surface area contributed by atoms with Crippen LogP contribution in [-0.4, -0.2) is 9.55 Å². The molecule has 2 aromatic carbocycles. The van der Waals surface area contributed by atoms with Crippen molar-refractivity contribution in [3.05, 3.63) is 57.3 Å².